The maximum Gasteiger partial charge on any atom is 0.261 e. The van der Waals surface area contributed by atoms with Gasteiger partial charge >= 0.3 is 0 Å². The summed E-state index contributed by atoms with van der Waals surface area (Å²) in [5, 5.41) is 31.0. The molecule has 0 atom stereocenters. The van der Waals surface area contributed by atoms with Crippen molar-refractivity contribution in [1.82, 2.24) is 4.90 Å². The van der Waals surface area contributed by atoms with Crippen molar-refractivity contribution in [2.45, 2.75) is 20.3 Å². The van der Waals surface area contributed by atoms with Gasteiger partial charge in [-0.05, 0) is 18.1 Å². The molecule has 7 heteroatoms. The van der Waals surface area contributed by atoms with Gasteiger partial charge in [0.15, 0.2) is 0 Å². The zero-order chi connectivity index (χ0) is 16.0. The van der Waals surface area contributed by atoms with Crippen molar-refractivity contribution < 1.29 is 20.2 Å². The third-order valence-electron chi connectivity index (χ3n) is 2.87. The lowest BCUT2D eigenvalue weighted by atomic mass is 10.1. The lowest BCUT2D eigenvalue weighted by molar-refractivity contribution is 0.0734. The zero-order valence-electron chi connectivity index (χ0n) is 12.2. The molecular formula is C14H21N3O4. The minimum atomic E-state index is -0.495. The number of aromatic hydroxyl groups is 2. The molecule has 0 aliphatic carbocycles. The number of hydrogen-bond donors (Lipinski definition) is 4. The van der Waals surface area contributed by atoms with E-state index >= 15 is 0 Å². The van der Waals surface area contributed by atoms with Crippen LogP contribution in [-0.2, 0) is 0 Å². The average Bonchev–Trinajstić information content (AvgIpc) is 2.42. The summed E-state index contributed by atoms with van der Waals surface area (Å²) in [6.45, 7) is 4.52. The van der Waals surface area contributed by atoms with Crippen LogP contribution in [0.1, 0.15) is 30.6 Å². The van der Waals surface area contributed by atoms with Crippen LogP contribution in [-0.4, -0.2) is 45.2 Å². The fraction of sp³-hybridized carbons (Fsp3) is 0.429. The third kappa shape index (κ3) is 4.55. The maximum atomic E-state index is 12.5. The molecule has 1 amide bonds. The molecule has 0 fully saturated rings. The van der Waals surface area contributed by atoms with Crippen LogP contribution in [0, 0.1) is 5.92 Å². The Labute approximate surface area is 123 Å². The standard InChI is InChI=1S/C14H21N3O4/c1-9(2)8-17(7-6-12(15)16-21)14(20)13-10(18)4-3-5-11(13)19/h3-5,9,18-19,21H,6-8H2,1-2H3,(H2,15,16). The Balaban J connectivity index is 2.99. The summed E-state index contributed by atoms with van der Waals surface area (Å²) in [5.74, 6) is -0.854. The number of amidine groups is 1. The Hall–Kier alpha value is -2.44. The molecule has 0 aromatic heterocycles. The molecule has 0 spiro atoms. The van der Waals surface area contributed by atoms with Gasteiger partial charge in [0.05, 0.1) is 0 Å². The maximum absolute atomic E-state index is 12.5. The SMILES string of the molecule is CC(C)CN(CC/C(N)=N/O)C(=O)c1c(O)cccc1O. The van der Waals surface area contributed by atoms with Crippen molar-refractivity contribution in [3.63, 3.8) is 0 Å². The van der Waals surface area contributed by atoms with E-state index in [1.54, 1.807) is 0 Å². The largest absolute Gasteiger partial charge is 0.507 e. The van der Waals surface area contributed by atoms with E-state index in [4.69, 9.17) is 10.9 Å². The molecule has 0 aliphatic heterocycles. The minimum absolute atomic E-state index is 0.0121. The van der Waals surface area contributed by atoms with E-state index in [2.05, 4.69) is 5.16 Å². The van der Waals surface area contributed by atoms with Crippen LogP contribution in [0.15, 0.2) is 23.4 Å². The van der Waals surface area contributed by atoms with Gasteiger partial charge in [0.25, 0.3) is 5.91 Å². The predicted molar refractivity (Wildman–Crippen MR) is 78.5 cm³/mol. The number of amides is 1. The summed E-state index contributed by atoms with van der Waals surface area (Å²) >= 11 is 0. The molecule has 0 aliphatic rings. The first-order chi connectivity index (χ1) is 9.86. The first kappa shape index (κ1) is 16.6. The Bertz CT molecular complexity index is 509. The monoisotopic (exact) mass is 295 g/mol. The highest BCUT2D eigenvalue weighted by atomic mass is 16.4. The summed E-state index contributed by atoms with van der Waals surface area (Å²) in [6, 6.07) is 4.12. The second kappa shape index (κ2) is 7.37. The summed E-state index contributed by atoms with van der Waals surface area (Å²) in [4.78, 5) is 13.9. The number of phenols is 2. The fourth-order valence-electron chi connectivity index (χ4n) is 1.92. The number of phenolic OH excluding ortho intramolecular Hbond substituents is 2. The number of nitrogens with zero attached hydrogens (tertiary/aromatic N) is 2. The number of benzene rings is 1. The molecule has 21 heavy (non-hydrogen) atoms. The molecule has 1 aromatic rings. The van der Waals surface area contributed by atoms with Crippen LogP contribution in [0.4, 0.5) is 0 Å². The van der Waals surface area contributed by atoms with Gasteiger partial charge in [-0.3, -0.25) is 4.79 Å². The molecule has 0 unspecified atom stereocenters. The van der Waals surface area contributed by atoms with Gasteiger partial charge < -0.3 is 26.1 Å². The van der Waals surface area contributed by atoms with E-state index in [1.165, 1.54) is 23.1 Å². The molecule has 5 N–H and O–H groups in total. The first-order valence-electron chi connectivity index (χ1n) is 6.63. The molecule has 1 aromatic carbocycles. The predicted octanol–water partition coefficient (Wildman–Crippen LogP) is 1.33. The smallest absolute Gasteiger partial charge is 0.261 e. The first-order valence-corrected chi connectivity index (χ1v) is 6.63. The minimum Gasteiger partial charge on any atom is -0.507 e. The number of hydrogen-bond acceptors (Lipinski definition) is 5. The summed E-state index contributed by atoms with van der Waals surface area (Å²) in [6.07, 6.45) is 0.198. The number of rotatable bonds is 6. The summed E-state index contributed by atoms with van der Waals surface area (Å²) < 4.78 is 0. The quantitative estimate of drug-likeness (QED) is 0.273. The number of oxime groups is 1. The van der Waals surface area contributed by atoms with Crippen molar-refractivity contribution >= 4 is 11.7 Å². The molecule has 0 saturated heterocycles. The zero-order valence-corrected chi connectivity index (χ0v) is 12.2. The fourth-order valence-corrected chi connectivity index (χ4v) is 1.92. The average molecular weight is 295 g/mol. The Morgan fingerprint density at radius 2 is 1.90 bits per heavy atom. The Morgan fingerprint density at radius 1 is 1.33 bits per heavy atom. The topological polar surface area (TPSA) is 119 Å². The van der Waals surface area contributed by atoms with Crippen LogP contribution in [0.5, 0.6) is 11.5 Å². The Morgan fingerprint density at radius 3 is 2.38 bits per heavy atom. The van der Waals surface area contributed by atoms with E-state index in [9.17, 15) is 15.0 Å². The summed E-state index contributed by atoms with van der Waals surface area (Å²) in [7, 11) is 0. The van der Waals surface area contributed by atoms with Crippen LogP contribution in [0.25, 0.3) is 0 Å². The van der Waals surface area contributed by atoms with E-state index in [1.807, 2.05) is 13.8 Å². The van der Waals surface area contributed by atoms with Crippen molar-refractivity contribution in [2.24, 2.45) is 16.8 Å². The third-order valence-corrected chi connectivity index (χ3v) is 2.87. The van der Waals surface area contributed by atoms with Crippen LogP contribution >= 0.6 is 0 Å². The van der Waals surface area contributed by atoms with Gasteiger partial charge in [0, 0.05) is 19.5 Å². The molecule has 0 radical (unpaired) electrons. The van der Waals surface area contributed by atoms with Gasteiger partial charge in [0.2, 0.25) is 0 Å². The highest BCUT2D eigenvalue weighted by Crippen LogP contribution is 2.28. The lowest BCUT2D eigenvalue weighted by Gasteiger charge is -2.25. The molecule has 0 bridgehead atoms. The van der Waals surface area contributed by atoms with Gasteiger partial charge in [-0.2, -0.15) is 0 Å². The Kier molecular flexibility index (Phi) is 5.83. The van der Waals surface area contributed by atoms with E-state index in [0.717, 1.165) is 0 Å². The number of carbonyl (C=O) groups is 1. The molecule has 0 heterocycles. The highest BCUT2D eigenvalue weighted by Gasteiger charge is 2.23. The van der Waals surface area contributed by atoms with Crippen LogP contribution in [0.3, 0.4) is 0 Å². The van der Waals surface area contributed by atoms with Crippen molar-refractivity contribution in [3.05, 3.63) is 23.8 Å². The van der Waals surface area contributed by atoms with Gasteiger partial charge in [-0.25, -0.2) is 0 Å². The second-order valence-corrected chi connectivity index (χ2v) is 5.16. The van der Waals surface area contributed by atoms with Crippen LogP contribution in [0.2, 0.25) is 0 Å². The lowest BCUT2D eigenvalue weighted by Crippen LogP contribution is -2.36. The number of carbonyl (C=O) groups excluding carboxylic acids is 1. The molecular weight excluding hydrogens is 274 g/mol. The van der Waals surface area contributed by atoms with Crippen molar-refractivity contribution in [1.29, 1.82) is 0 Å². The highest BCUT2D eigenvalue weighted by molar-refractivity contribution is 5.99. The molecule has 0 saturated carbocycles. The second-order valence-electron chi connectivity index (χ2n) is 5.16. The van der Waals surface area contributed by atoms with Gasteiger partial charge in [0.1, 0.15) is 22.9 Å². The van der Waals surface area contributed by atoms with Gasteiger partial charge in [-0.1, -0.05) is 25.1 Å². The normalized spacial score (nSPS) is 11.7. The van der Waals surface area contributed by atoms with Crippen LogP contribution < -0.4 is 5.73 Å². The molecule has 7 nitrogen and oxygen atoms in total. The van der Waals surface area contributed by atoms with Gasteiger partial charge in [-0.15, -0.1) is 0 Å². The summed E-state index contributed by atoms with van der Waals surface area (Å²) in [5.41, 5.74) is 5.27. The van der Waals surface area contributed by atoms with Crippen molar-refractivity contribution in [2.75, 3.05) is 13.1 Å². The van der Waals surface area contributed by atoms with Crippen molar-refractivity contribution in [3.8, 4) is 11.5 Å². The molecule has 116 valence electrons. The number of nitrogens with two attached hydrogens (primary N) is 1. The van der Waals surface area contributed by atoms with E-state index in [0.29, 0.717) is 6.54 Å². The molecule has 1 rings (SSSR count). The van der Waals surface area contributed by atoms with E-state index < -0.39 is 5.91 Å². The van der Waals surface area contributed by atoms with E-state index in [-0.39, 0.29) is 41.8 Å².